The van der Waals surface area contributed by atoms with E-state index in [-0.39, 0.29) is 12.0 Å². The fraction of sp³-hybridized carbons (Fsp3) is 0.533. The van der Waals surface area contributed by atoms with Gasteiger partial charge >= 0.3 is 0 Å². The molecule has 0 saturated heterocycles. The summed E-state index contributed by atoms with van der Waals surface area (Å²) in [5.41, 5.74) is 2.11. The average Bonchev–Trinajstić information content (AvgIpc) is 2.58. The van der Waals surface area contributed by atoms with Crippen molar-refractivity contribution in [2.45, 2.75) is 32.3 Å². The predicted molar refractivity (Wildman–Crippen MR) is 76.3 cm³/mol. The van der Waals surface area contributed by atoms with Crippen molar-refractivity contribution in [2.75, 3.05) is 25.0 Å². The summed E-state index contributed by atoms with van der Waals surface area (Å²) >= 11 is 0. The van der Waals surface area contributed by atoms with Crippen molar-refractivity contribution in [2.24, 2.45) is 0 Å². The zero-order valence-corrected chi connectivity index (χ0v) is 11.4. The predicted octanol–water partition coefficient (Wildman–Crippen LogP) is 1.96. The number of fused-ring (bicyclic) bond motifs is 1. The zero-order valence-electron chi connectivity index (χ0n) is 11.4. The van der Waals surface area contributed by atoms with E-state index in [1.165, 1.54) is 5.56 Å². The van der Waals surface area contributed by atoms with Crippen LogP contribution in [0.15, 0.2) is 24.3 Å². The molecule has 0 radical (unpaired) electrons. The fourth-order valence-corrected chi connectivity index (χ4v) is 2.23. The standard InChI is InChI=1S/C15H22N2O2/c1-2-9-16-10-11-19-14-8-7-12-5-3-4-6-13(12)17-15(14)18/h3-6,14,16H,2,7-11H2,1H3,(H,17,18). The number of nitrogens with one attached hydrogen (secondary N) is 2. The lowest BCUT2D eigenvalue weighted by molar-refractivity contribution is -0.127. The normalized spacial score (nSPS) is 18.6. The summed E-state index contributed by atoms with van der Waals surface area (Å²) in [6.07, 6.45) is 2.40. The number of rotatable bonds is 6. The van der Waals surface area contributed by atoms with Gasteiger partial charge in [-0.2, -0.15) is 0 Å². The maximum Gasteiger partial charge on any atom is 0.253 e. The molecule has 1 aromatic rings. The Hall–Kier alpha value is -1.39. The number of amides is 1. The van der Waals surface area contributed by atoms with E-state index in [1.54, 1.807) is 0 Å². The van der Waals surface area contributed by atoms with Crippen molar-refractivity contribution >= 4 is 11.6 Å². The van der Waals surface area contributed by atoms with Gasteiger partial charge in [-0.1, -0.05) is 25.1 Å². The summed E-state index contributed by atoms with van der Waals surface area (Å²) in [7, 11) is 0. The third-order valence-electron chi connectivity index (χ3n) is 3.27. The highest BCUT2D eigenvalue weighted by atomic mass is 16.5. The molecule has 1 aliphatic heterocycles. The minimum absolute atomic E-state index is 0.0274. The van der Waals surface area contributed by atoms with Crippen LogP contribution < -0.4 is 10.6 Å². The van der Waals surface area contributed by atoms with E-state index < -0.39 is 0 Å². The number of anilines is 1. The molecule has 4 heteroatoms. The lowest BCUT2D eigenvalue weighted by Gasteiger charge is -2.14. The molecule has 0 bridgehead atoms. The molecule has 0 spiro atoms. The summed E-state index contributed by atoms with van der Waals surface area (Å²) in [6, 6.07) is 7.94. The van der Waals surface area contributed by atoms with Crippen molar-refractivity contribution in [1.82, 2.24) is 5.32 Å². The number of benzene rings is 1. The zero-order chi connectivity index (χ0) is 13.5. The van der Waals surface area contributed by atoms with Crippen molar-refractivity contribution in [3.8, 4) is 0 Å². The molecular formula is C15H22N2O2. The summed E-state index contributed by atoms with van der Waals surface area (Å²) in [5.74, 6) is -0.0274. The van der Waals surface area contributed by atoms with E-state index in [0.29, 0.717) is 6.61 Å². The molecule has 0 saturated carbocycles. The Labute approximate surface area is 114 Å². The van der Waals surface area contributed by atoms with Crippen LogP contribution in [0.25, 0.3) is 0 Å². The first-order chi connectivity index (χ1) is 9.31. The Morgan fingerprint density at radius 2 is 2.21 bits per heavy atom. The second-order valence-electron chi connectivity index (χ2n) is 4.79. The number of carbonyl (C=O) groups excluding carboxylic acids is 1. The molecule has 4 nitrogen and oxygen atoms in total. The lowest BCUT2D eigenvalue weighted by Crippen LogP contribution is -2.32. The first-order valence-corrected chi connectivity index (χ1v) is 7.02. The molecule has 104 valence electrons. The Morgan fingerprint density at radius 3 is 3.05 bits per heavy atom. The van der Waals surface area contributed by atoms with Crippen LogP contribution in [0.1, 0.15) is 25.3 Å². The van der Waals surface area contributed by atoms with Crippen LogP contribution in [-0.4, -0.2) is 31.7 Å². The molecule has 19 heavy (non-hydrogen) atoms. The van der Waals surface area contributed by atoms with E-state index in [9.17, 15) is 4.79 Å². The highest BCUT2D eigenvalue weighted by Crippen LogP contribution is 2.22. The molecule has 1 atom stereocenters. The van der Waals surface area contributed by atoms with Gasteiger partial charge in [0.05, 0.1) is 6.61 Å². The van der Waals surface area contributed by atoms with Crippen LogP contribution in [0.2, 0.25) is 0 Å². The first kappa shape index (κ1) is 14.0. The van der Waals surface area contributed by atoms with Gasteiger partial charge in [-0.05, 0) is 37.4 Å². The maximum atomic E-state index is 12.0. The van der Waals surface area contributed by atoms with Crippen molar-refractivity contribution in [3.63, 3.8) is 0 Å². The molecule has 0 fully saturated rings. The van der Waals surface area contributed by atoms with Crippen LogP contribution in [-0.2, 0) is 16.0 Å². The van der Waals surface area contributed by atoms with Gasteiger partial charge in [0.15, 0.2) is 0 Å². The third-order valence-corrected chi connectivity index (χ3v) is 3.27. The Kier molecular flexibility index (Phi) is 5.36. The highest BCUT2D eigenvalue weighted by Gasteiger charge is 2.23. The van der Waals surface area contributed by atoms with E-state index in [1.807, 2.05) is 18.2 Å². The number of hydrogen-bond donors (Lipinski definition) is 2. The van der Waals surface area contributed by atoms with Gasteiger partial charge < -0.3 is 15.4 Å². The number of carbonyl (C=O) groups is 1. The Balaban J connectivity index is 1.83. The largest absolute Gasteiger partial charge is 0.367 e. The van der Waals surface area contributed by atoms with Crippen LogP contribution in [0, 0.1) is 0 Å². The van der Waals surface area contributed by atoms with Crippen LogP contribution in [0.5, 0.6) is 0 Å². The maximum absolute atomic E-state index is 12.0. The second-order valence-corrected chi connectivity index (χ2v) is 4.79. The smallest absolute Gasteiger partial charge is 0.253 e. The summed E-state index contributed by atoms with van der Waals surface area (Å²) in [4.78, 5) is 12.0. The number of para-hydroxylation sites is 1. The van der Waals surface area contributed by atoms with Crippen LogP contribution in [0.4, 0.5) is 5.69 Å². The number of aryl methyl sites for hydroxylation is 1. The first-order valence-electron chi connectivity index (χ1n) is 7.02. The molecular weight excluding hydrogens is 240 g/mol. The fourth-order valence-electron chi connectivity index (χ4n) is 2.23. The van der Waals surface area contributed by atoms with Gasteiger partial charge in [-0.25, -0.2) is 0 Å². The molecule has 0 aromatic heterocycles. The number of hydrogen-bond acceptors (Lipinski definition) is 3. The van der Waals surface area contributed by atoms with Gasteiger partial charge in [0.1, 0.15) is 6.10 Å². The SMILES string of the molecule is CCCNCCOC1CCc2ccccc2NC1=O. The highest BCUT2D eigenvalue weighted by molar-refractivity contribution is 5.95. The van der Waals surface area contributed by atoms with Crippen LogP contribution >= 0.6 is 0 Å². The second kappa shape index (κ2) is 7.26. The van der Waals surface area contributed by atoms with E-state index in [4.69, 9.17) is 4.74 Å². The molecule has 0 aliphatic carbocycles. The van der Waals surface area contributed by atoms with E-state index >= 15 is 0 Å². The summed E-state index contributed by atoms with van der Waals surface area (Å²) in [6.45, 7) is 4.49. The van der Waals surface area contributed by atoms with Gasteiger partial charge in [-0.15, -0.1) is 0 Å². The minimum atomic E-state index is -0.337. The monoisotopic (exact) mass is 262 g/mol. The van der Waals surface area contributed by atoms with Gasteiger partial charge in [0.2, 0.25) is 0 Å². The third kappa shape index (κ3) is 4.04. The van der Waals surface area contributed by atoms with Crippen molar-refractivity contribution in [3.05, 3.63) is 29.8 Å². The summed E-state index contributed by atoms with van der Waals surface area (Å²) < 4.78 is 5.68. The molecule has 1 aromatic carbocycles. The van der Waals surface area contributed by atoms with E-state index in [0.717, 1.165) is 38.0 Å². The molecule has 1 aliphatic rings. The van der Waals surface area contributed by atoms with Gasteiger partial charge in [0.25, 0.3) is 5.91 Å². The van der Waals surface area contributed by atoms with E-state index in [2.05, 4.69) is 23.6 Å². The van der Waals surface area contributed by atoms with Crippen molar-refractivity contribution < 1.29 is 9.53 Å². The molecule has 1 heterocycles. The van der Waals surface area contributed by atoms with Crippen molar-refractivity contribution in [1.29, 1.82) is 0 Å². The average molecular weight is 262 g/mol. The quantitative estimate of drug-likeness (QED) is 0.771. The van der Waals surface area contributed by atoms with Crippen LogP contribution in [0.3, 0.4) is 0 Å². The molecule has 2 rings (SSSR count). The molecule has 1 unspecified atom stereocenters. The van der Waals surface area contributed by atoms with Gasteiger partial charge in [0, 0.05) is 12.2 Å². The molecule has 2 N–H and O–H groups in total. The van der Waals surface area contributed by atoms with Gasteiger partial charge in [-0.3, -0.25) is 4.79 Å². The molecule has 1 amide bonds. The lowest BCUT2D eigenvalue weighted by atomic mass is 10.1. The Morgan fingerprint density at radius 1 is 1.37 bits per heavy atom. The summed E-state index contributed by atoms with van der Waals surface area (Å²) in [5, 5.41) is 6.21. The Bertz CT molecular complexity index is 420. The number of ether oxygens (including phenoxy) is 1. The minimum Gasteiger partial charge on any atom is -0.367 e. The topological polar surface area (TPSA) is 50.4 Å².